The summed E-state index contributed by atoms with van der Waals surface area (Å²) in [4.78, 5) is 14.5. The number of nitrogens with one attached hydrogen (secondary N) is 3. The van der Waals surface area contributed by atoms with Crippen molar-refractivity contribution in [3.8, 4) is 28.3 Å². The summed E-state index contributed by atoms with van der Waals surface area (Å²) in [6.45, 7) is 3.05. The number of hydrogen-bond donors (Lipinski definition) is 3. The Morgan fingerprint density at radius 2 is 1.97 bits per heavy atom. The van der Waals surface area contributed by atoms with Crippen molar-refractivity contribution in [1.82, 2.24) is 35.4 Å². The minimum atomic E-state index is -0.344. The van der Waals surface area contributed by atoms with E-state index in [0.717, 1.165) is 64.9 Å². The molecule has 9 heteroatoms. The number of pyridine rings is 2. The maximum absolute atomic E-state index is 14.6. The van der Waals surface area contributed by atoms with E-state index < -0.39 is 0 Å². The molecule has 6 rings (SSSR count). The molecule has 0 saturated heterocycles. The number of hydrogen-bond acceptors (Lipinski definition) is 6. The molecule has 1 aliphatic rings. The lowest BCUT2D eigenvalue weighted by atomic mass is 10.0. The molecular formula is C28H28FN7O. The Bertz CT molecular complexity index is 1620. The summed E-state index contributed by atoms with van der Waals surface area (Å²) >= 11 is 0. The van der Waals surface area contributed by atoms with Crippen LogP contribution in [0.4, 0.5) is 4.39 Å². The number of aromatic nitrogens is 5. The highest BCUT2D eigenvalue weighted by atomic mass is 19.1. The van der Waals surface area contributed by atoms with Gasteiger partial charge in [-0.15, -0.1) is 0 Å². The molecule has 0 spiro atoms. The van der Waals surface area contributed by atoms with Gasteiger partial charge in [-0.1, -0.05) is 6.08 Å². The standard InChI is InChI=1S/C28H28FN7O/c1-36(2)9-10-37-21-12-18(11-20(29)14-21)22-5-8-31-27-23(22)15-25(33-27)26-24-13-19(16-32-28(24)35-34-26)17-3-6-30-7-4-17/h3,5,8,11-16,30H,4,6-7,9-10H2,1-2H3,(H,31,33)(H,32,34,35). The van der Waals surface area contributed by atoms with Gasteiger partial charge in [0.25, 0.3) is 0 Å². The molecule has 0 saturated carbocycles. The lowest BCUT2D eigenvalue weighted by molar-refractivity contribution is 0.260. The largest absolute Gasteiger partial charge is 0.492 e. The number of H-pyrrole nitrogens is 2. The van der Waals surface area contributed by atoms with Gasteiger partial charge in [-0.05, 0) is 79.7 Å². The van der Waals surface area contributed by atoms with E-state index in [4.69, 9.17) is 4.74 Å². The number of likely N-dealkylation sites (N-methyl/N-ethyl adjacent to an activating group) is 1. The molecule has 0 aliphatic carbocycles. The average molecular weight is 498 g/mol. The van der Waals surface area contributed by atoms with Gasteiger partial charge in [-0.3, -0.25) is 5.10 Å². The van der Waals surface area contributed by atoms with Crippen molar-refractivity contribution in [2.75, 3.05) is 40.3 Å². The second kappa shape index (κ2) is 9.76. The van der Waals surface area contributed by atoms with Crippen molar-refractivity contribution >= 4 is 27.6 Å². The van der Waals surface area contributed by atoms with E-state index in [0.29, 0.717) is 23.7 Å². The topological polar surface area (TPSA) is 94.8 Å². The highest BCUT2D eigenvalue weighted by Gasteiger charge is 2.17. The third kappa shape index (κ3) is 4.71. The van der Waals surface area contributed by atoms with E-state index in [1.54, 1.807) is 6.20 Å². The molecule has 37 heavy (non-hydrogen) atoms. The minimum Gasteiger partial charge on any atom is -0.492 e. The summed E-state index contributed by atoms with van der Waals surface area (Å²) in [5, 5.41) is 12.7. The normalized spacial score (nSPS) is 14.0. The van der Waals surface area contributed by atoms with Crippen molar-refractivity contribution < 1.29 is 9.13 Å². The van der Waals surface area contributed by atoms with Crippen LogP contribution in [-0.2, 0) is 0 Å². The average Bonchev–Trinajstić information content (AvgIpc) is 3.52. The van der Waals surface area contributed by atoms with E-state index in [-0.39, 0.29) is 5.82 Å². The second-order valence-electron chi connectivity index (χ2n) is 9.51. The maximum Gasteiger partial charge on any atom is 0.181 e. The third-order valence-electron chi connectivity index (χ3n) is 6.64. The molecule has 1 aliphatic heterocycles. The molecule has 4 aromatic heterocycles. The van der Waals surface area contributed by atoms with Crippen LogP contribution in [0, 0.1) is 5.82 Å². The van der Waals surface area contributed by atoms with E-state index in [2.05, 4.69) is 42.6 Å². The van der Waals surface area contributed by atoms with E-state index in [9.17, 15) is 4.39 Å². The van der Waals surface area contributed by atoms with Crippen molar-refractivity contribution in [2.24, 2.45) is 0 Å². The van der Waals surface area contributed by atoms with E-state index in [1.165, 1.54) is 17.7 Å². The van der Waals surface area contributed by atoms with Crippen molar-refractivity contribution in [3.05, 3.63) is 66.2 Å². The van der Waals surface area contributed by atoms with Gasteiger partial charge in [0.1, 0.15) is 23.8 Å². The van der Waals surface area contributed by atoms with Crippen LogP contribution in [0.25, 0.3) is 50.2 Å². The number of aromatic amines is 2. The molecule has 1 aromatic carbocycles. The molecule has 0 radical (unpaired) electrons. The van der Waals surface area contributed by atoms with Gasteiger partial charge in [0.15, 0.2) is 5.65 Å². The SMILES string of the molecule is CN(C)CCOc1cc(F)cc(-c2ccnc3[nH]c(-c4[nH]nc5ncc(C6=CCNCC6)cc45)cc23)c1. The first-order chi connectivity index (χ1) is 18.0. The highest BCUT2D eigenvalue weighted by Crippen LogP contribution is 2.35. The quantitative estimate of drug-likeness (QED) is 0.304. The molecule has 8 nitrogen and oxygen atoms in total. The van der Waals surface area contributed by atoms with Gasteiger partial charge in [-0.25, -0.2) is 14.4 Å². The predicted octanol–water partition coefficient (Wildman–Crippen LogP) is 4.62. The van der Waals surface area contributed by atoms with Crippen LogP contribution in [-0.4, -0.2) is 70.4 Å². The molecule has 0 bridgehead atoms. The van der Waals surface area contributed by atoms with Gasteiger partial charge < -0.3 is 19.9 Å². The lowest BCUT2D eigenvalue weighted by Gasteiger charge is -2.13. The fourth-order valence-corrected chi connectivity index (χ4v) is 4.73. The Morgan fingerprint density at radius 1 is 1.05 bits per heavy atom. The summed E-state index contributed by atoms with van der Waals surface area (Å²) in [6, 6.07) is 10.9. The zero-order chi connectivity index (χ0) is 25.4. The first-order valence-electron chi connectivity index (χ1n) is 12.4. The monoisotopic (exact) mass is 497 g/mol. The van der Waals surface area contributed by atoms with Crippen molar-refractivity contribution in [3.63, 3.8) is 0 Å². The molecule has 188 valence electrons. The fourth-order valence-electron chi connectivity index (χ4n) is 4.73. The Morgan fingerprint density at radius 3 is 2.81 bits per heavy atom. The van der Waals surface area contributed by atoms with Gasteiger partial charge in [-0.2, -0.15) is 5.10 Å². The summed E-state index contributed by atoms with van der Waals surface area (Å²) in [5.41, 5.74) is 7.04. The van der Waals surface area contributed by atoms with Gasteiger partial charge in [0.05, 0.1) is 11.4 Å². The van der Waals surface area contributed by atoms with Crippen LogP contribution < -0.4 is 10.1 Å². The first-order valence-corrected chi connectivity index (χ1v) is 12.4. The molecule has 3 N–H and O–H groups in total. The summed E-state index contributed by atoms with van der Waals surface area (Å²) in [6.07, 6.45) is 6.79. The number of halogens is 1. The van der Waals surface area contributed by atoms with Crippen LogP contribution in [0.5, 0.6) is 5.75 Å². The van der Waals surface area contributed by atoms with Crippen molar-refractivity contribution in [2.45, 2.75) is 6.42 Å². The van der Waals surface area contributed by atoms with Gasteiger partial charge >= 0.3 is 0 Å². The Labute approximate surface area is 213 Å². The maximum atomic E-state index is 14.6. The number of nitrogens with zero attached hydrogens (tertiary/aromatic N) is 4. The molecular weight excluding hydrogens is 469 g/mol. The Balaban J connectivity index is 1.39. The van der Waals surface area contributed by atoms with Gasteiger partial charge in [0, 0.05) is 42.3 Å². The number of ether oxygens (including phenoxy) is 1. The number of rotatable bonds is 7. The molecule has 5 heterocycles. The summed E-state index contributed by atoms with van der Waals surface area (Å²) in [5.74, 6) is 0.159. The molecule has 0 amide bonds. The van der Waals surface area contributed by atoms with E-state index >= 15 is 0 Å². The second-order valence-corrected chi connectivity index (χ2v) is 9.51. The van der Waals surface area contributed by atoms with Crippen LogP contribution in [0.1, 0.15) is 12.0 Å². The predicted molar refractivity (Wildman–Crippen MR) is 144 cm³/mol. The van der Waals surface area contributed by atoms with Gasteiger partial charge in [0.2, 0.25) is 0 Å². The lowest BCUT2D eigenvalue weighted by Crippen LogP contribution is -2.20. The Kier molecular flexibility index (Phi) is 6.15. The van der Waals surface area contributed by atoms with Crippen LogP contribution in [0.15, 0.2) is 54.9 Å². The molecule has 5 aromatic rings. The molecule has 0 unspecified atom stereocenters. The van der Waals surface area contributed by atoms with E-state index in [1.807, 2.05) is 43.4 Å². The summed E-state index contributed by atoms with van der Waals surface area (Å²) < 4.78 is 20.4. The third-order valence-corrected chi connectivity index (χ3v) is 6.64. The zero-order valence-corrected chi connectivity index (χ0v) is 20.8. The fraction of sp³-hybridized carbons (Fsp3) is 0.250. The Hall–Kier alpha value is -4.08. The number of fused-ring (bicyclic) bond motifs is 2. The molecule has 0 fully saturated rings. The molecule has 0 atom stereocenters. The van der Waals surface area contributed by atoms with Crippen LogP contribution >= 0.6 is 0 Å². The van der Waals surface area contributed by atoms with Crippen LogP contribution in [0.3, 0.4) is 0 Å². The zero-order valence-electron chi connectivity index (χ0n) is 20.8. The van der Waals surface area contributed by atoms with Crippen LogP contribution in [0.2, 0.25) is 0 Å². The smallest absolute Gasteiger partial charge is 0.181 e. The number of benzene rings is 1. The minimum absolute atomic E-state index is 0.344. The highest BCUT2D eigenvalue weighted by molar-refractivity contribution is 5.99. The summed E-state index contributed by atoms with van der Waals surface area (Å²) in [7, 11) is 3.95. The first kappa shape index (κ1) is 23.3. The van der Waals surface area contributed by atoms with Crippen molar-refractivity contribution in [1.29, 1.82) is 0 Å².